The molecule has 0 radical (unpaired) electrons. The SMILES string of the molecule is Nc1ccc(-c2ccc3c(c2)CN([C@H]2CCC(=O)NC2=O)C3=O)cc1OCCCCCOc1ccc(C2c3ccc(O)cc3CCC2c2ccccc2)cc1. The molecule has 3 aliphatic rings. The van der Waals surface area contributed by atoms with Gasteiger partial charge < -0.3 is 25.2 Å². The van der Waals surface area contributed by atoms with Crippen molar-refractivity contribution in [2.75, 3.05) is 18.9 Å². The number of rotatable bonds is 12. The van der Waals surface area contributed by atoms with Crippen LogP contribution in [0.4, 0.5) is 5.69 Å². The number of phenolic OH excluding ortho intramolecular Hbond substituents is 1. The zero-order valence-electron chi connectivity index (χ0n) is 30.7. The number of aromatic hydroxyl groups is 1. The summed E-state index contributed by atoms with van der Waals surface area (Å²) in [4.78, 5) is 38.7. The van der Waals surface area contributed by atoms with Crippen molar-refractivity contribution in [1.29, 1.82) is 0 Å². The lowest BCUT2D eigenvalue weighted by Gasteiger charge is -2.34. The van der Waals surface area contributed by atoms with Gasteiger partial charge >= 0.3 is 0 Å². The number of nitrogens with two attached hydrogens (primary N) is 1. The molecule has 0 spiro atoms. The van der Waals surface area contributed by atoms with Crippen molar-refractivity contribution in [2.24, 2.45) is 0 Å². The van der Waals surface area contributed by atoms with Crippen LogP contribution >= 0.6 is 0 Å². The molecule has 2 unspecified atom stereocenters. The summed E-state index contributed by atoms with van der Waals surface area (Å²) >= 11 is 0. The van der Waals surface area contributed by atoms with Crippen LogP contribution in [0, 0.1) is 0 Å². The van der Waals surface area contributed by atoms with Gasteiger partial charge in [0.05, 0.1) is 18.9 Å². The summed E-state index contributed by atoms with van der Waals surface area (Å²) in [6, 6.07) is 35.8. The van der Waals surface area contributed by atoms with E-state index in [-0.39, 0.29) is 24.2 Å². The van der Waals surface area contributed by atoms with Crippen molar-refractivity contribution in [3.05, 3.63) is 143 Å². The van der Waals surface area contributed by atoms with Crippen LogP contribution in [0.25, 0.3) is 11.1 Å². The van der Waals surface area contributed by atoms with Crippen LogP contribution < -0.4 is 20.5 Å². The summed E-state index contributed by atoms with van der Waals surface area (Å²) in [7, 11) is 0. The number of fused-ring (bicyclic) bond motifs is 2. The highest BCUT2D eigenvalue weighted by atomic mass is 16.5. The lowest BCUT2D eigenvalue weighted by molar-refractivity contribution is -0.136. The molecule has 280 valence electrons. The molecular weight excluding hydrogens is 691 g/mol. The predicted octanol–water partition coefficient (Wildman–Crippen LogP) is 7.89. The maximum Gasteiger partial charge on any atom is 0.255 e. The van der Waals surface area contributed by atoms with Crippen molar-refractivity contribution in [1.82, 2.24) is 10.2 Å². The molecule has 9 heteroatoms. The molecule has 1 fully saturated rings. The molecule has 2 aliphatic heterocycles. The van der Waals surface area contributed by atoms with E-state index in [4.69, 9.17) is 15.2 Å². The maximum absolute atomic E-state index is 13.1. The van der Waals surface area contributed by atoms with Crippen LogP contribution in [0.1, 0.15) is 88.5 Å². The Bertz CT molecular complexity index is 2220. The highest BCUT2D eigenvalue weighted by Gasteiger charge is 2.39. The second-order valence-electron chi connectivity index (χ2n) is 14.8. The Balaban J connectivity index is 0.824. The smallest absolute Gasteiger partial charge is 0.255 e. The van der Waals surface area contributed by atoms with Crippen molar-refractivity contribution in [3.8, 4) is 28.4 Å². The van der Waals surface area contributed by atoms with E-state index in [1.54, 1.807) is 17.0 Å². The van der Waals surface area contributed by atoms with Crippen molar-refractivity contribution in [3.63, 3.8) is 0 Å². The third-order valence-corrected chi connectivity index (χ3v) is 11.2. The standard InChI is InChI=1S/C46H45N3O6/c47-40-20-13-32(31-11-18-39-34(25-31)28-49(46(39)53)41-21-22-43(51)48-45(41)52)27-42(40)55-24-6-2-5-23-54-36-15-9-30(10-16-36)44-37(29-7-3-1-4-8-29)17-12-33-26-35(50)14-19-38(33)44/h1,3-4,7-11,13-16,18-20,25-27,37,41,44,50H,2,5-6,12,17,21-24,28,47H2,(H,48,51,52)/t37?,41-,44?/m0/s1. The maximum atomic E-state index is 13.1. The van der Waals surface area contributed by atoms with Gasteiger partial charge in [0.15, 0.2) is 0 Å². The number of benzene rings is 5. The number of phenols is 1. The quantitative estimate of drug-likeness (QED) is 0.0675. The Morgan fingerprint density at radius 1 is 0.727 bits per heavy atom. The molecule has 5 aromatic carbocycles. The third kappa shape index (κ3) is 7.65. The Morgan fingerprint density at radius 3 is 2.29 bits per heavy atom. The summed E-state index contributed by atoms with van der Waals surface area (Å²) < 4.78 is 12.3. The van der Waals surface area contributed by atoms with Gasteiger partial charge in [0.1, 0.15) is 23.3 Å². The number of nitrogens with zero attached hydrogens (tertiary/aromatic N) is 1. The minimum Gasteiger partial charge on any atom is -0.508 e. The van der Waals surface area contributed by atoms with Gasteiger partial charge in [-0.3, -0.25) is 19.7 Å². The number of hydrogen-bond acceptors (Lipinski definition) is 7. The number of ether oxygens (including phenoxy) is 2. The van der Waals surface area contributed by atoms with Crippen LogP contribution in [-0.4, -0.2) is 47.0 Å². The van der Waals surface area contributed by atoms with Gasteiger partial charge in [-0.05, 0) is 132 Å². The largest absolute Gasteiger partial charge is 0.508 e. The normalized spacial score (nSPS) is 19.1. The fourth-order valence-electron chi connectivity index (χ4n) is 8.40. The number of amides is 3. The average molecular weight is 736 g/mol. The van der Waals surface area contributed by atoms with Gasteiger partial charge in [0, 0.05) is 24.4 Å². The molecule has 4 N–H and O–H groups in total. The second kappa shape index (κ2) is 15.7. The number of nitrogen functional groups attached to an aromatic ring is 1. The van der Waals surface area contributed by atoms with E-state index in [9.17, 15) is 19.5 Å². The first-order valence-electron chi connectivity index (χ1n) is 19.2. The Morgan fingerprint density at radius 2 is 1.49 bits per heavy atom. The van der Waals surface area contributed by atoms with E-state index in [1.165, 1.54) is 22.3 Å². The van der Waals surface area contributed by atoms with E-state index < -0.39 is 11.9 Å². The number of aryl methyl sites for hydroxylation is 1. The minimum absolute atomic E-state index is 0.192. The van der Waals surface area contributed by atoms with E-state index in [0.717, 1.165) is 54.5 Å². The number of unbranched alkanes of at least 4 members (excludes halogenated alkanes) is 2. The van der Waals surface area contributed by atoms with Crippen molar-refractivity contribution in [2.45, 2.75) is 69.4 Å². The fourth-order valence-corrected chi connectivity index (χ4v) is 8.40. The third-order valence-electron chi connectivity index (χ3n) is 11.2. The zero-order valence-corrected chi connectivity index (χ0v) is 30.7. The Labute approximate surface area is 321 Å². The Kier molecular flexibility index (Phi) is 10.3. The molecule has 3 atom stereocenters. The van der Waals surface area contributed by atoms with Gasteiger partial charge in [-0.1, -0.05) is 60.7 Å². The Hall–Kier alpha value is -6.09. The topological polar surface area (TPSA) is 131 Å². The van der Waals surface area contributed by atoms with Crippen LogP contribution in [-0.2, 0) is 22.6 Å². The number of anilines is 1. The molecule has 55 heavy (non-hydrogen) atoms. The number of imide groups is 1. The van der Waals surface area contributed by atoms with Gasteiger partial charge in [-0.2, -0.15) is 0 Å². The number of piperidine rings is 1. The van der Waals surface area contributed by atoms with E-state index in [1.807, 2.05) is 36.4 Å². The molecule has 0 saturated carbocycles. The summed E-state index contributed by atoms with van der Waals surface area (Å²) in [6.07, 6.45) is 5.20. The molecular formula is C46H45N3O6. The monoisotopic (exact) mass is 735 g/mol. The number of nitrogens with one attached hydrogen (secondary N) is 1. The number of carbonyl (C=O) groups is 3. The van der Waals surface area contributed by atoms with E-state index in [2.05, 4.69) is 66.0 Å². The van der Waals surface area contributed by atoms with E-state index in [0.29, 0.717) is 54.8 Å². The number of carbonyl (C=O) groups excluding carboxylic acids is 3. The van der Waals surface area contributed by atoms with Crippen molar-refractivity contribution < 1.29 is 29.0 Å². The second-order valence-corrected chi connectivity index (χ2v) is 14.8. The predicted molar refractivity (Wildman–Crippen MR) is 211 cm³/mol. The minimum atomic E-state index is -0.646. The van der Waals surface area contributed by atoms with Crippen LogP contribution in [0.5, 0.6) is 17.2 Å². The highest BCUT2D eigenvalue weighted by molar-refractivity contribution is 6.05. The molecule has 0 aromatic heterocycles. The lowest BCUT2D eigenvalue weighted by Crippen LogP contribution is -2.52. The molecule has 9 nitrogen and oxygen atoms in total. The van der Waals surface area contributed by atoms with Crippen LogP contribution in [0.3, 0.4) is 0 Å². The molecule has 2 heterocycles. The molecule has 1 saturated heterocycles. The first-order chi connectivity index (χ1) is 26.8. The summed E-state index contributed by atoms with van der Waals surface area (Å²) in [5.41, 5.74) is 15.2. The van der Waals surface area contributed by atoms with Crippen molar-refractivity contribution >= 4 is 23.4 Å². The van der Waals surface area contributed by atoms with Gasteiger partial charge in [0.2, 0.25) is 11.8 Å². The van der Waals surface area contributed by atoms with Crippen LogP contribution in [0.2, 0.25) is 0 Å². The summed E-state index contributed by atoms with van der Waals surface area (Å²) in [5.74, 6) is 1.43. The first-order valence-corrected chi connectivity index (χ1v) is 19.2. The highest BCUT2D eigenvalue weighted by Crippen LogP contribution is 2.47. The summed E-state index contributed by atoms with van der Waals surface area (Å²) in [5, 5.41) is 12.5. The first kappa shape index (κ1) is 35.9. The molecule has 3 amide bonds. The van der Waals surface area contributed by atoms with Gasteiger partial charge in [-0.15, -0.1) is 0 Å². The van der Waals surface area contributed by atoms with Gasteiger partial charge in [-0.25, -0.2) is 0 Å². The molecule has 8 rings (SSSR count). The molecule has 1 aliphatic carbocycles. The molecule has 5 aromatic rings. The van der Waals surface area contributed by atoms with Crippen LogP contribution in [0.15, 0.2) is 109 Å². The zero-order chi connectivity index (χ0) is 37.9. The molecule has 0 bridgehead atoms. The number of hydrogen-bond donors (Lipinski definition) is 3. The summed E-state index contributed by atoms with van der Waals surface area (Å²) in [6.45, 7) is 1.45. The fraction of sp³-hybridized carbons (Fsp3) is 0.283. The van der Waals surface area contributed by atoms with Gasteiger partial charge in [0.25, 0.3) is 5.91 Å². The lowest BCUT2D eigenvalue weighted by atomic mass is 9.69. The van der Waals surface area contributed by atoms with E-state index >= 15 is 0 Å². The average Bonchev–Trinajstić information content (AvgIpc) is 3.53.